The van der Waals surface area contributed by atoms with Gasteiger partial charge in [0.05, 0.1) is 5.75 Å². The van der Waals surface area contributed by atoms with Gasteiger partial charge < -0.3 is 5.32 Å². The van der Waals surface area contributed by atoms with Gasteiger partial charge in [0.2, 0.25) is 11.8 Å². The van der Waals surface area contributed by atoms with Crippen molar-refractivity contribution in [1.29, 1.82) is 0 Å². The maximum absolute atomic E-state index is 13.9. The fourth-order valence-electron chi connectivity index (χ4n) is 2.66. The van der Waals surface area contributed by atoms with Gasteiger partial charge in [0.1, 0.15) is 11.2 Å². The first-order chi connectivity index (χ1) is 12.0. The number of nitrogens with zero attached hydrogens (tertiary/aromatic N) is 1. The minimum Gasteiger partial charge on any atom is -0.326 e. The van der Waals surface area contributed by atoms with Crippen LogP contribution in [0.1, 0.15) is 29.8 Å². The molecule has 2 aromatic rings. The van der Waals surface area contributed by atoms with Crippen molar-refractivity contribution >= 4 is 35.0 Å². The van der Waals surface area contributed by atoms with E-state index in [4.69, 9.17) is 0 Å². The number of rotatable bonds is 4. The third kappa shape index (κ3) is 3.69. The van der Waals surface area contributed by atoms with E-state index in [0.29, 0.717) is 23.4 Å². The smallest absolute Gasteiger partial charge is 0.238 e. The lowest BCUT2D eigenvalue weighted by atomic mass is 10.1. The normalized spacial score (nSPS) is 17.0. The Hall–Kier alpha value is -2.34. The summed E-state index contributed by atoms with van der Waals surface area (Å²) in [7, 11) is 0. The summed E-state index contributed by atoms with van der Waals surface area (Å²) in [6.45, 7) is 3.49. The SMILES string of the molecule is CCC(=O)Nc1ccc([C@@H]2SCC(=O)N2c2ccc(C)c(F)c2)cc1. The second kappa shape index (κ2) is 7.27. The molecule has 4 nitrogen and oxygen atoms in total. The first-order valence-electron chi connectivity index (χ1n) is 8.09. The van der Waals surface area contributed by atoms with Crippen molar-refractivity contribution in [3.05, 3.63) is 59.4 Å². The highest BCUT2D eigenvalue weighted by Gasteiger charge is 2.34. The molecule has 0 aliphatic carbocycles. The summed E-state index contributed by atoms with van der Waals surface area (Å²) in [6, 6.07) is 12.3. The number of carbonyl (C=O) groups excluding carboxylic acids is 2. The highest BCUT2D eigenvalue weighted by atomic mass is 32.2. The molecule has 0 bridgehead atoms. The van der Waals surface area contributed by atoms with Gasteiger partial charge in [-0.25, -0.2) is 4.39 Å². The number of amides is 2. The molecule has 0 saturated carbocycles. The van der Waals surface area contributed by atoms with Crippen LogP contribution in [0.5, 0.6) is 0 Å². The van der Waals surface area contributed by atoms with Crippen LogP contribution < -0.4 is 10.2 Å². The van der Waals surface area contributed by atoms with E-state index in [2.05, 4.69) is 5.32 Å². The van der Waals surface area contributed by atoms with Gasteiger partial charge in [-0.2, -0.15) is 0 Å². The van der Waals surface area contributed by atoms with Crippen LogP contribution in [0.25, 0.3) is 0 Å². The van der Waals surface area contributed by atoms with Crippen molar-refractivity contribution in [3.63, 3.8) is 0 Å². The first-order valence-corrected chi connectivity index (χ1v) is 9.14. The summed E-state index contributed by atoms with van der Waals surface area (Å²) in [6.07, 6.45) is 0.418. The Balaban J connectivity index is 1.86. The van der Waals surface area contributed by atoms with Crippen molar-refractivity contribution in [1.82, 2.24) is 0 Å². The Bertz CT molecular complexity index is 808. The summed E-state index contributed by atoms with van der Waals surface area (Å²) in [5, 5.41) is 2.60. The Morgan fingerprint density at radius 3 is 2.64 bits per heavy atom. The van der Waals surface area contributed by atoms with E-state index in [1.165, 1.54) is 17.8 Å². The molecule has 1 fully saturated rings. The zero-order valence-electron chi connectivity index (χ0n) is 14.1. The van der Waals surface area contributed by atoms with Crippen molar-refractivity contribution < 1.29 is 14.0 Å². The van der Waals surface area contributed by atoms with Gasteiger partial charge in [0, 0.05) is 17.8 Å². The Morgan fingerprint density at radius 1 is 1.28 bits per heavy atom. The summed E-state index contributed by atoms with van der Waals surface area (Å²) >= 11 is 1.51. The Morgan fingerprint density at radius 2 is 2.00 bits per heavy atom. The van der Waals surface area contributed by atoms with E-state index < -0.39 is 0 Å². The summed E-state index contributed by atoms with van der Waals surface area (Å²) in [5.74, 6) is -0.0517. The fraction of sp³-hybridized carbons (Fsp3) is 0.263. The van der Waals surface area contributed by atoms with Crippen molar-refractivity contribution in [2.75, 3.05) is 16.0 Å². The van der Waals surface area contributed by atoms with Crippen LogP contribution in [0, 0.1) is 12.7 Å². The lowest BCUT2D eigenvalue weighted by molar-refractivity contribution is -0.116. The lowest BCUT2D eigenvalue weighted by Gasteiger charge is -2.24. The van der Waals surface area contributed by atoms with Crippen molar-refractivity contribution in [2.24, 2.45) is 0 Å². The zero-order valence-corrected chi connectivity index (χ0v) is 14.9. The average Bonchev–Trinajstić information content (AvgIpc) is 2.99. The Labute approximate surface area is 150 Å². The third-order valence-corrected chi connectivity index (χ3v) is 5.31. The molecule has 130 valence electrons. The number of thioether (sulfide) groups is 1. The summed E-state index contributed by atoms with van der Waals surface area (Å²) < 4.78 is 13.9. The van der Waals surface area contributed by atoms with E-state index in [9.17, 15) is 14.0 Å². The maximum atomic E-state index is 13.9. The van der Waals surface area contributed by atoms with Gasteiger partial charge in [0.15, 0.2) is 0 Å². The van der Waals surface area contributed by atoms with Crippen LogP contribution in [0.4, 0.5) is 15.8 Å². The predicted molar refractivity (Wildman–Crippen MR) is 99.2 cm³/mol. The van der Waals surface area contributed by atoms with E-state index in [-0.39, 0.29) is 23.0 Å². The molecule has 2 aromatic carbocycles. The molecule has 1 N–H and O–H groups in total. The average molecular weight is 358 g/mol. The van der Waals surface area contributed by atoms with Crippen LogP contribution in [-0.2, 0) is 9.59 Å². The number of nitrogens with one attached hydrogen (secondary N) is 1. The summed E-state index contributed by atoms with van der Waals surface area (Å²) in [5.41, 5.74) is 2.77. The molecule has 0 unspecified atom stereocenters. The van der Waals surface area contributed by atoms with Crippen LogP contribution in [0.3, 0.4) is 0 Å². The number of hydrogen-bond acceptors (Lipinski definition) is 3. The topological polar surface area (TPSA) is 49.4 Å². The van der Waals surface area contributed by atoms with Gasteiger partial charge in [-0.05, 0) is 42.3 Å². The molecule has 0 aromatic heterocycles. The lowest BCUT2D eigenvalue weighted by Crippen LogP contribution is -2.27. The van der Waals surface area contributed by atoms with E-state index >= 15 is 0 Å². The molecule has 1 aliphatic rings. The molecule has 1 saturated heterocycles. The monoisotopic (exact) mass is 358 g/mol. The second-order valence-electron chi connectivity index (χ2n) is 5.88. The van der Waals surface area contributed by atoms with Gasteiger partial charge in [-0.15, -0.1) is 11.8 Å². The van der Waals surface area contributed by atoms with Crippen LogP contribution >= 0.6 is 11.8 Å². The third-order valence-electron chi connectivity index (χ3n) is 4.10. The van der Waals surface area contributed by atoms with Gasteiger partial charge in [-0.3, -0.25) is 14.5 Å². The van der Waals surface area contributed by atoms with E-state index in [0.717, 1.165) is 11.3 Å². The molecule has 1 atom stereocenters. The number of halogens is 1. The molecule has 2 amide bonds. The van der Waals surface area contributed by atoms with E-state index in [1.807, 2.05) is 24.3 Å². The molecular weight excluding hydrogens is 339 g/mol. The summed E-state index contributed by atoms with van der Waals surface area (Å²) in [4.78, 5) is 25.4. The molecule has 6 heteroatoms. The largest absolute Gasteiger partial charge is 0.326 e. The fourth-order valence-corrected chi connectivity index (χ4v) is 3.84. The van der Waals surface area contributed by atoms with Crippen molar-refractivity contribution in [2.45, 2.75) is 25.6 Å². The van der Waals surface area contributed by atoms with Gasteiger partial charge in [-0.1, -0.05) is 25.1 Å². The molecule has 0 radical (unpaired) electrons. The standard InChI is InChI=1S/C19H19FN2O2S/c1-3-17(23)21-14-7-5-13(6-8-14)19-22(18(24)11-25-19)15-9-4-12(2)16(20)10-15/h4-10,19H,3,11H2,1-2H3,(H,21,23)/t19-/m0/s1. The Kier molecular flexibility index (Phi) is 5.08. The van der Waals surface area contributed by atoms with Crippen LogP contribution in [0.2, 0.25) is 0 Å². The molecule has 1 aliphatic heterocycles. The number of benzene rings is 2. The van der Waals surface area contributed by atoms with Gasteiger partial charge >= 0.3 is 0 Å². The van der Waals surface area contributed by atoms with Crippen LogP contribution in [-0.4, -0.2) is 17.6 Å². The number of aryl methyl sites for hydroxylation is 1. The zero-order chi connectivity index (χ0) is 18.0. The maximum Gasteiger partial charge on any atom is 0.238 e. The molecular formula is C19H19FN2O2S. The number of anilines is 2. The van der Waals surface area contributed by atoms with E-state index in [1.54, 1.807) is 30.9 Å². The predicted octanol–water partition coefficient (Wildman–Crippen LogP) is 4.26. The molecule has 0 spiro atoms. The minimum atomic E-state index is -0.321. The molecule has 3 rings (SSSR count). The first kappa shape index (κ1) is 17.5. The van der Waals surface area contributed by atoms with Crippen LogP contribution in [0.15, 0.2) is 42.5 Å². The quantitative estimate of drug-likeness (QED) is 0.888. The molecule has 25 heavy (non-hydrogen) atoms. The second-order valence-corrected chi connectivity index (χ2v) is 6.95. The highest BCUT2D eigenvalue weighted by Crippen LogP contribution is 2.42. The molecule has 1 heterocycles. The number of hydrogen-bond donors (Lipinski definition) is 1. The minimum absolute atomic E-state index is 0.0402. The van der Waals surface area contributed by atoms with Gasteiger partial charge in [0.25, 0.3) is 0 Å². The number of carbonyl (C=O) groups is 2. The van der Waals surface area contributed by atoms with Crippen molar-refractivity contribution in [3.8, 4) is 0 Å². The highest BCUT2D eigenvalue weighted by molar-refractivity contribution is 8.00.